The maximum Gasteiger partial charge on any atom is 0.387 e. The molecule has 2 aliphatic heterocycles. The van der Waals surface area contributed by atoms with Gasteiger partial charge in [0.25, 0.3) is 0 Å². The highest BCUT2D eigenvalue weighted by Crippen LogP contribution is 2.35. The van der Waals surface area contributed by atoms with E-state index in [4.69, 9.17) is 9.47 Å². The van der Waals surface area contributed by atoms with Gasteiger partial charge in [0.2, 0.25) is 5.95 Å². The van der Waals surface area contributed by atoms with Crippen LogP contribution >= 0.6 is 0 Å². The van der Waals surface area contributed by atoms with Gasteiger partial charge in [0.05, 0.1) is 6.20 Å². The molecule has 0 aliphatic carbocycles. The molecule has 0 amide bonds. The SMILES string of the molecule is CC1(C)CC(Nc2nc(Nc3ccc(OC4CCN(CCF)CC4)c(OC(F)F)c3)ncc2F)CC(C)(C)N1. The minimum atomic E-state index is -3.05. The number of ether oxygens (including phenoxy) is 2. The lowest BCUT2D eigenvalue weighted by molar-refractivity contribution is -0.0524. The summed E-state index contributed by atoms with van der Waals surface area (Å²) in [5.74, 6) is -0.376. The van der Waals surface area contributed by atoms with Gasteiger partial charge in [-0.3, -0.25) is 0 Å². The first kappa shape index (κ1) is 29.1. The minimum absolute atomic E-state index is 0.0141. The van der Waals surface area contributed by atoms with Crippen LogP contribution in [0.1, 0.15) is 53.4 Å². The quantitative estimate of drug-likeness (QED) is 0.333. The Morgan fingerprint density at radius 3 is 2.44 bits per heavy atom. The van der Waals surface area contributed by atoms with Gasteiger partial charge in [-0.15, -0.1) is 0 Å². The molecule has 4 rings (SSSR count). The predicted molar refractivity (Wildman–Crippen MR) is 142 cm³/mol. The van der Waals surface area contributed by atoms with Crippen LogP contribution in [0, 0.1) is 5.82 Å². The lowest BCUT2D eigenvalue weighted by atomic mass is 9.79. The van der Waals surface area contributed by atoms with E-state index in [1.54, 1.807) is 6.07 Å². The zero-order chi connectivity index (χ0) is 28.2. The van der Waals surface area contributed by atoms with Gasteiger partial charge in [-0.2, -0.15) is 13.8 Å². The Balaban J connectivity index is 1.46. The molecule has 0 radical (unpaired) electrons. The third-order valence-corrected chi connectivity index (χ3v) is 6.92. The largest absolute Gasteiger partial charge is 0.486 e. The van der Waals surface area contributed by atoms with E-state index in [9.17, 15) is 17.6 Å². The van der Waals surface area contributed by atoms with Crippen LogP contribution in [0.2, 0.25) is 0 Å². The average molecular weight is 555 g/mol. The van der Waals surface area contributed by atoms with E-state index in [1.807, 2.05) is 4.90 Å². The number of anilines is 3. The maximum atomic E-state index is 14.6. The molecule has 2 aliphatic rings. The van der Waals surface area contributed by atoms with Crippen LogP contribution in [0.4, 0.5) is 35.0 Å². The van der Waals surface area contributed by atoms with E-state index in [0.717, 1.165) is 19.0 Å². The summed E-state index contributed by atoms with van der Waals surface area (Å²) in [4.78, 5) is 10.3. The van der Waals surface area contributed by atoms with Crippen molar-refractivity contribution >= 4 is 17.5 Å². The van der Waals surface area contributed by atoms with Crippen molar-refractivity contribution in [1.29, 1.82) is 0 Å². The lowest BCUT2D eigenvalue weighted by Gasteiger charge is -2.46. The number of benzene rings is 1. The zero-order valence-corrected chi connectivity index (χ0v) is 22.9. The van der Waals surface area contributed by atoms with Gasteiger partial charge in [-0.05, 0) is 65.5 Å². The molecule has 12 heteroatoms. The first-order valence-corrected chi connectivity index (χ1v) is 13.3. The molecule has 2 saturated heterocycles. The van der Waals surface area contributed by atoms with Crippen molar-refractivity contribution in [2.24, 2.45) is 0 Å². The number of likely N-dealkylation sites (tertiary alicyclic amines) is 1. The van der Waals surface area contributed by atoms with Crippen LogP contribution in [0.25, 0.3) is 0 Å². The Morgan fingerprint density at radius 2 is 1.79 bits per heavy atom. The molecule has 2 aromatic rings. The Kier molecular flexibility index (Phi) is 9.05. The normalized spacial score (nSPS) is 20.1. The van der Waals surface area contributed by atoms with Gasteiger partial charge in [0.15, 0.2) is 23.1 Å². The van der Waals surface area contributed by atoms with E-state index in [1.165, 1.54) is 12.1 Å². The molecular formula is C27H38F4N6O2. The van der Waals surface area contributed by atoms with Crippen LogP contribution in [0.15, 0.2) is 24.4 Å². The van der Waals surface area contributed by atoms with Crippen LogP contribution in [-0.4, -0.2) is 71.0 Å². The molecule has 39 heavy (non-hydrogen) atoms. The minimum Gasteiger partial charge on any atom is -0.486 e. The summed E-state index contributed by atoms with van der Waals surface area (Å²) >= 11 is 0. The fourth-order valence-corrected chi connectivity index (χ4v) is 5.70. The summed E-state index contributed by atoms with van der Waals surface area (Å²) < 4.78 is 64.3. The van der Waals surface area contributed by atoms with Gasteiger partial charge in [-0.25, -0.2) is 13.8 Å². The number of hydrogen-bond donors (Lipinski definition) is 3. The fraction of sp³-hybridized carbons (Fsp3) is 0.630. The van der Waals surface area contributed by atoms with Crippen molar-refractivity contribution in [3.8, 4) is 11.5 Å². The van der Waals surface area contributed by atoms with Crippen LogP contribution < -0.4 is 25.4 Å². The van der Waals surface area contributed by atoms with E-state index in [2.05, 4.69) is 53.6 Å². The van der Waals surface area contributed by atoms with Gasteiger partial charge in [-0.1, -0.05) is 0 Å². The number of halogens is 4. The highest BCUT2D eigenvalue weighted by atomic mass is 19.3. The standard InChI is InChI=1S/C27H38F4N6O2/c1-26(2)14-18(15-27(3,4)36-26)33-23-20(29)16-32-25(35-23)34-17-5-6-21(22(13-17)39-24(30)31)38-19-7-10-37(11-8-19)12-9-28/h5-6,13,16,18-19,24,36H,7-12,14-15H2,1-4H3,(H2,32,33,34,35). The molecule has 0 bridgehead atoms. The molecule has 0 atom stereocenters. The Labute approximate surface area is 226 Å². The smallest absolute Gasteiger partial charge is 0.387 e. The highest BCUT2D eigenvalue weighted by molar-refractivity contribution is 5.60. The Bertz CT molecular complexity index is 1100. The average Bonchev–Trinajstić information content (AvgIpc) is 2.82. The molecule has 8 nitrogen and oxygen atoms in total. The summed E-state index contributed by atoms with van der Waals surface area (Å²) in [5, 5.41) is 9.75. The van der Waals surface area contributed by atoms with Crippen molar-refractivity contribution in [2.45, 2.75) is 83.2 Å². The fourth-order valence-electron chi connectivity index (χ4n) is 5.70. The Hall–Kier alpha value is -2.86. The summed E-state index contributed by atoms with van der Waals surface area (Å²) in [6.45, 7) is 6.68. The van der Waals surface area contributed by atoms with Crippen molar-refractivity contribution < 1.29 is 27.0 Å². The summed E-state index contributed by atoms with van der Waals surface area (Å²) in [5.41, 5.74) is 0.0955. The molecule has 3 heterocycles. The summed E-state index contributed by atoms with van der Waals surface area (Å²) in [6.07, 6.45) is 3.72. The van der Waals surface area contributed by atoms with E-state index in [-0.39, 0.29) is 46.5 Å². The molecule has 3 N–H and O–H groups in total. The number of aromatic nitrogens is 2. The topological polar surface area (TPSA) is 83.6 Å². The van der Waals surface area contributed by atoms with Crippen LogP contribution in [0.3, 0.4) is 0 Å². The number of piperidine rings is 2. The molecule has 216 valence electrons. The van der Waals surface area contributed by atoms with Crippen molar-refractivity contribution in [2.75, 3.05) is 36.9 Å². The highest BCUT2D eigenvalue weighted by Gasteiger charge is 2.38. The monoisotopic (exact) mass is 554 g/mol. The molecule has 1 aromatic carbocycles. The van der Waals surface area contributed by atoms with Crippen LogP contribution in [-0.2, 0) is 0 Å². The summed E-state index contributed by atoms with van der Waals surface area (Å²) in [6, 6.07) is 4.52. The number of nitrogens with one attached hydrogen (secondary N) is 3. The molecule has 2 fully saturated rings. The van der Waals surface area contributed by atoms with Gasteiger partial charge in [0.1, 0.15) is 12.8 Å². The molecule has 1 aromatic heterocycles. The zero-order valence-electron chi connectivity index (χ0n) is 22.9. The van der Waals surface area contributed by atoms with Gasteiger partial charge < -0.3 is 30.3 Å². The van der Waals surface area contributed by atoms with Gasteiger partial charge >= 0.3 is 6.61 Å². The van der Waals surface area contributed by atoms with E-state index >= 15 is 0 Å². The third kappa shape index (κ3) is 8.31. The molecule has 0 saturated carbocycles. The van der Waals surface area contributed by atoms with Gasteiger partial charge in [0, 0.05) is 48.5 Å². The van der Waals surface area contributed by atoms with Crippen LogP contribution in [0.5, 0.6) is 11.5 Å². The summed E-state index contributed by atoms with van der Waals surface area (Å²) in [7, 11) is 0. The van der Waals surface area contributed by atoms with Crippen molar-refractivity contribution in [3.63, 3.8) is 0 Å². The second kappa shape index (κ2) is 12.1. The second-order valence-corrected chi connectivity index (χ2v) is 11.5. The third-order valence-electron chi connectivity index (χ3n) is 6.92. The second-order valence-electron chi connectivity index (χ2n) is 11.5. The molecule has 0 spiro atoms. The number of rotatable bonds is 10. The van der Waals surface area contributed by atoms with E-state index in [0.29, 0.717) is 38.2 Å². The Morgan fingerprint density at radius 1 is 1.10 bits per heavy atom. The first-order valence-electron chi connectivity index (χ1n) is 13.3. The predicted octanol–water partition coefficient (Wildman–Crippen LogP) is 5.49. The molecular weight excluding hydrogens is 516 g/mol. The maximum absolute atomic E-state index is 14.6. The van der Waals surface area contributed by atoms with E-state index < -0.39 is 19.1 Å². The lowest BCUT2D eigenvalue weighted by Crippen LogP contribution is -2.60. The van der Waals surface area contributed by atoms with Crippen molar-refractivity contribution in [3.05, 3.63) is 30.2 Å². The molecule has 0 unspecified atom stereocenters. The number of alkyl halides is 3. The van der Waals surface area contributed by atoms with Crippen molar-refractivity contribution in [1.82, 2.24) is 20.2 Å². The number of hydrogen-bond acceptors (Lipinski definition) is 8. The first-order chi connectivity index (χ1) is 18.4. The number of nitrogens with zero attached hydrogens (tertiary/aromatic N) is 3.